The molecule has 21 heavy (non-hydrogen) atoms. The predicted molar refractivity (Wildman–Crippen MR) is 82.3 cm³/mol. The van der Waals surface area contributed by atoms with Gasteiger partial charge in [0.2, 0.25) is 0 Å². The smallest absolute Gasteiger partial charge is 0.254 e. The molecule has 0 spiro atoms. The summed E-state index contributed by atoms with van der Waals surface area (Å²) in [6, 6.07) is 4.08. The van der Waals surface area contributed by atoms with E-state index < -0.39 is 5.82 Å². The number of nitrogens with one attached hydrogen (secondary N) is 1. The zero-order chi connectivity index (χ0) is 15.2. The van der Waals surface area contributed by atoms with E-state index in [0.717, 1.165) is 45.2 Å². The van der Waals surface area contributed by atoms with Crippen molar-refractivity contribution < 1.29 is 9.18 Å². The van der Waals surface area contributed by atoms with Crippen molar-refractivity contribution in [2.24, 2.45) is 0 Å². The average Bonchev–Trinajstić information content (AvgIpc) is 2.45. The molecule has 116 valence electrons. The second kappa shape index (κ2) is 7.73. The molecule has 1 fully saturated rings. The third-order valence-electron chi connectivity index (χ3n) is 3.71. The minimum Gasteiger partial charge on any atom is -0.352 e. The van der Waals surface area contributed by atoms with Gasteiger partial charge in [-0.05, 0) is 38.2 Å². The highest BCUT2D eigenvalue weighted by molar-refractivity contribution is 6.30. The Morgan fingerprint density at radius 1 is 1.33 bits per heavy atom. The predicted octanol–water partition coefficient (Wildman–Crippen LogP) is 1.85. The van der Waals surface area contributed by atoms with Crippen LogP contribution in [0.2, 0.25) is 5.02 Å². The first-order chi connectivity index (χ1) is 10.1. The van der Waals surface area contributed by atoms with E-state index >= 15 is 0 Å². The molecule has 1 aliphatic heterocycles. The van der Waals surface area contributed by atoms with Gasteiger partial charge in [0, 0.05) is 37.7 Å². The van der Waals surface area contributed by atoms with Crippen molar-refractivity contribution in [1.82, 2.24) is 15.1 Å². The fourth-order valence-corrected chi connectivity index (χ4v) is 2.50. The summed E-state index contributed by atoms with van der Waals surface area (Å²) >= 11 is 5.66. The maximum Gasteiger partial charge on any atom is 0.254 e. The fourth-order valence-electron chi connectivity index (χ4n) is 2.34. The fraction of sp³-hybridized carbons (Fsp3) is 0.533. The number of halogens is 2. The van der Waals surface area contributed by atoms with E-state index in [0.29, 0.717) is 11.6 Å². The number of carbonyl (C=O) groups excluding carboxylic acids is 1. The summed E-state index contributed by atoms with van der Waals surface area (Å²) in [6.45, 7) is 5.81. The van der Waals surface area contributed by atoms with Crippen molar-refractivity contribution in [2.75, 3.05) is 46.3 Å². The molecular weight excluding hydrogens is 293 g/mol. The minimum absolute atomic E-state index is 0.0407. The third-order valence-corrected chi connectivity index (χ3v) is 3.94. The van der Waals surface area contributed by atoms with Gasteiger partial charge in [-0.1, -0.05) is 11.6 Å². The topological polar surface area (TPSA) is 35.6 Å². The van der Waals surface area contributed by atoms with Crippen LogP contribution in [0.5, 0.6) is 0 Å². The van der Waals surface area contributed by atoms with Gasteiger partial charge in [-0.3, -0.25) is 4.79 Å². The summed E-state index contributed by atoms with van der Waals surface area (Å²) in [5, 5.41) is 3.04. The number of carbonyl (C=O) groups is 1. The molecule has 0 saturated carbocycles. The maximum atomic E-state index is 13.6. The lowest BCUT2D eigenvalue weighted by atomic mass is 10.2. The summed E-state index contributed by atoms with van der Waals surface area (Å²) in [5.74, 6) is -0.971. The van der Waals surface area contributed by atoms with Crippen molar-refractivity contribution in [3.05, 3.63) is 34.6 Å². The Labute approximate surface area is 129 Å². The molecule has 6 heteroatoms. The minimum atomic E-state index is -0.584. The molecule has 2 rings (SSSR count). The van der Waals surface area contributed by atoms with Crippen LogP contribution in [0, 0.1) is 5.82 Å². The van der Waals surface area contributed by atoms with Gasteiger partial charge in [0.1, 0.15) is 5.82 Å². The first-order valence-electron chi connectivity index (χ1n) is 7.20. The van der Waals surface area contributed by atoms with Crippen LogP contribution in [0.3, 0.4) is 0 Å². The summed E-state index contributed by atoms with van der Waals surface area (Å²) < 4.78 is 13.6. The number of benzene rings is 1. The quantitative estimate of drug-likeness (QED) is 0.843. The van der Waals surface area contributed by atoms with Gasteiger partial charge in [-0.2, -0.15) is 0 Å². The number of likely N-dealkylation sites (N-methyl/N-ethyl adjacent to an activating group) is 1. The van der Waals surface area contributed by atoms with Crippen LogP contribution in [-0.2, 0) is 0 Å². The van der Waals surface area contributed by atoms with Crippen LogP contribution in [0.25, 0.3) is 0 Å². The number of hydrogen-bond acceptors (Lipinski definition) is 3. The van der Waals surface area contributed by atoms with Crippen molar-refractivity contribution in [1.29, 1.82) is 0 Å². The summed E-state index contributed by atoms with van der Waals surface area (Å²) in [5.41, 5.74) is 0.0407. The molecule has 1 aliphatic rings. The molecule has 1 aromatic carbocycles. The largest absolute Gasteiger partial charge is 0.352 e. The van der Waals surface area contributed by atoms with Crippen LogP contribution in [0.1, 0.15) is 16.8 Å². The highest BCUT2D eigenvalue weighted by Crippen LogP contribution is 2.14. The first kappa shape index (κ1) is 16.2. The molecular formula is C15H21ClFN3O. The van der Waals surface area contributed by atoms with Gasteiger partial charge in [0.15, 0.2) is 0 Å². The average molecular weight is 314 g/mol. The van der Waals surface area contributed by atoms with Crippen LogP contribution >= 0.6 is 11.6 Å². The van der Waals surface area contributed by atoms with E-state index in [1.807, 2.05) is 0 Å². The van der Waals surface area contributed by atoms with Crippen LogP contribution in [0.4, 0.5) is 4.39 Å². The van der Waals surface area contributed by atoms with Crippen molar-refractivity contribution in [3.63, 3.8) is 0 Å². The molecule has 1 amide bonds. The van der Waals surface area contributed by atoms with Gasteiger partial charge in [0.25, 0.3) is 5.91 Å². The van der Waals surface area contributed by atoms with Crippen LogP contribution in [0.15, 0.2) is 18.2 Å². The lowest BCUT2D eigenvalue weighted by Crippen LogP contribution is -2.45. The van der Waals surface area contributed by atoms with Gasteiger partial charge >= 0.3 is 0 Å². The lowest BCUT2D eigenvalue weighted by Gasteiger charge is -2.32. The molecule has 1 saturated heterocycles. The Morgan fingerprint density at radius 2 is 2.05 bits per heavy atom. The van der Waals surface area contributed by atoms with E-state index in [4.69, 9.17) is 11.6 Å². The SMILES string of the molecule is CN1CCN(CCCNC(=O)c2ccc(Cl)cc2F)CC1. The van der Waals surface area contributed by atoms with E-state index in [9.17, 15) is 9.18 Å². The number of rotatable bonds is 5. The highest BCUT2D eigenvalue weighted by Gasteiger charge is 2.14. The van der Waals surface area contributed by atoms with E-state index in [1.165, 1.54) is 12.1 Å². The standard InChI is InChI=1S/C15H21ClFN3O/c1-19-7-9-20(10-8-19)6-2-5-18-15(21)13-4-3-12(16)11-14(13)17/h3-4,11H,2,5-10H2,1H3,(H,18,21). The number of nitrogens with zero attached hydrogens (tertiary/aromatic N) is 2. The molecule has 0 bridgehead atoms. The summed E-state index contributed by atoms with van der Waals surface area (Å²) in [7, 11) is 2.12. The zero-order valence-corrected chi connectivity index (χ0v) is 13.0. The molecule has 0 aromatic heterocycles. The van der Waals surface area contributed by atoms with Crippen molar-refractivity contribution in [3.8, 4) is 0 Å². The van der Waals surface area contributed by atoms with Crippen LogP contribution in [-0.4, -0.2) is 62.0 Å². The molecule has 4 nitrogen and oxygen atoms in total. The molecule has 0 unspecified atom stereocenters. The second-order valence-corrected chi connectivity index (χ2v) is 5.81. The van der Waals surface area contributed by atoms with Crippen molar-refractivity contribution in [2.45, 2.75) is 6.42 Å². The Kier molecular flexibility index (Phi) is 5.96. The summed E-state index contributed by atoms with van der Waals surface area (Å²) in [6.07, 6.45) is 0.866. The molecule has 1 heterocycles. The number of hydrogen-bond donors (Lipinski definition) is 1. The Morgan fingerprint density at radius 3 is 2.71 bits per heavy atom. The summed E-state index contributed by atoms with van der Waals surface area (Å²) in [4.78, 5) is 16.5. The molecule has 0 radical (unpaired) electrons. The maximum absolute atomic E-state index is 13.6. The van der Waals surface area contributed by atoms with Crippen LogP contribution < -0.4 is 5.32 Å². The van der Waals surface area contributed by atoms with Gasteiger partial charge in [-0.25, -0.2) is 4.39 Å². The third kappa shape index (κ3) is 4.95. The van der Waals surface area contributed by atoms with Crippen molar-refractivity contribution >= 4 is 17.5 Å². The number of piperazine rings is 1. The zero-order valence-electron chi connectivity index (χ0n) is 12.2. The molecule has 0 aliphatic carbocycles. The van der Waals surface area contributed by atoms with Gasteiger partial charge in [0.05, 0.1) is 5.56 Å². The Hall–Kier alpha value is -1.17. The molecule has 0 atom stereocenters. The highest BCUT2D eigenvalue weighted by atomic mass is 35.5. The first-order valence-corrected chi connectivity index (χ1v) is 7.58. The normalized spacial score (nSPS) is 16.9. The molecule has 1 aromatic rings. The lowest BCUT2D eigenvalue weighted by molar-refractivity contribution is 0.0945. The van der Waals surface area contributed by atoms with Gasteiger partial charge in [-0.15, -0.1) is 0 Å². The van der Waals surface area contributed by atoms with E-state index in [2.05, 4.69) is 22.2 Å². The van der Waals surface area contributed by atoms with Gasteiger partial charge < -0.3 is 15.1 Å². The Bertz CT molecular complexity index is 490. The van der Waals surface area contributed by atoms with E-state index in [1.54, 1.807) is 0 Å². The monoisotopic (exact) mass is 313 g/mol. The van der Waals surface area contributed by atoms with E-state index in [-0.39, 0.29) is 11.5 Å². The second-order valence-electron chi connectivity index (χ2n) is 5.38. The molecule has 1 N–H and O–H groups in total. The number of amides is 1. The Balaban J connectivity index is 1.69.